The lowest BCUT2D eigenvalue weighted by atomic mass is 10.1. The molecule has 154 valence electrons. The average Bonchev–Trinajstić information content (AvgIpc) is 3.13. The maximum atomic E-state index is 12.5. The van der Waals surface area contributed by atoms with Crippen LogP contribution in [-0.2, 0) is 16.0 Å². The minimum Gasteiger partial charge on any atom is -0.493 e. The summed E-state index contributed by atoms with van der Waals surface area (Å²) >= 11 is 0. The largest absolute Gasteiger partial charge is 0.493 e. The molecule has 1 fully saturated rings. The first-order valence-corrected chi connectivity index (χ1v) is 10.3. The Hall–Kier alpha value is -2.82. The van der Waals surface area contributed by atoms with Crippen LogP contribution in [0.4, 0.5) is 5.69 Å². The maximum Gasteiger partial charge on any atom is 0.337 e. The van der Waals surface area contributed by atoms with Crippen molar-refractivity contribution in [2.75, 3.05) is 25.2 Å². The molecule has 3 rings (SSSR count). The second-order valence-corrected chi connectivity index (χ2v) is 7.53. The van der Waals surface area contributed by atoms with E-state index in [2.05, 4.69) is 19.1 Å². The number of carbonyl (C=O) groups excluding carboxylic acids is 2. The molecule has 0 N–H and O–H groups in total. The zero-order valence-corrected chi connectivity index (χ0v) is 17.2. The van der Waals surface area contributed by atoms with Gasteiger partial charge in [0.2, 0.25) is 5.91 Å². The smallest absolute Gasteiger partial charge is 0.337 e. The highest BCUT2D eigenvalue weighted by molar-refractivity contribution is 5.95. The molecule has 1 amide bonds. The molecule has 0 saturated carbocycles. The second kappa shape index (κ2) is 10.1. The number of hydrogen-bond donors (Lipinski definition) is 0. The van der Waals surface area contributed by atoms with Crippen LogP contribution < -0.4 is 9.64 Å². The number of amides is 1. The summed E-state index contributed by atoms with van der Waals surface area (Å²) in [6, 6.07) is 15.2. The number of ether oxygens (including phenoxy) is 2. The lowest BCUT2D eigenvalue weighted by molar-refractivity contribution is -0.117. The van der Waals surface area contributed by atoms with Gasteiger partial charge in [-0.2, -0.15) is 0 Å². The Morgan fingerprint density at radius 2 is 1.79 bits per heavy atom. The standard InChI is InChI=1S/C24H29NO4/c1-3-4-5-6-18-7-11-21(12-8-18)25-16-19(15-23(25)26)17-29-22-13-9-20(10-14-22)24(27)28-2/h7-14,19H,3-6,15-17H2,1-2H3. The molecular formula is C24H29NO4. The lowest BCUT2D eigenvalue weighted by Gasteiger charge is -2.17. The van der Waals surface area contributed by atoms with Crippen LogP contribution in [0.2, 0.25) is 0 Å². The number of benzene rings is 2. The molecule has 1 aliphatic heterocycles. The Morgan fingerprint density at radius 3 is 2.45 bits per heavy atom. The molecule has 0 bridgehead atoms. The van der Waals surface area contributed by atoms with Crippen LogP contribution in [0.15, 0.2) is 48.5 Å². The molecule has 2 aromatic carbocycles. The second-order valence-electron chi connectivity index (χ2n) is 7.53. The SMILES string of the molecule is CCCCCc1ccc(N2CC(COc3ccc(C(=O)OC)cc3)CC2=O)cc1. The Kier molecular flexibility index (Phi) is 7.28. The van der Waals surface area contributed by atoms with E-state index in [1.807, 2.05) is 17.0 Å². The van der Waals surface area contributed by atoms with Gasteiger partial charge in [-0.25, -0.2) is 4.79 Å². The molecule has 5 heteroatoms. The summed E-state index contributed by atoms with van der Waals surface area (Å²) in [4.78, 5) is 25.8. The minimum absolute atomic E-state index is 0.137. The van der Waals surface area contributed by atoms with Crippen LogP contribution in [0.3, 0.4) is 0 Å². The zero-order valence-electron chi connectivity index (χ0n) is 17.2. The van der Waals surface area contributed by atoms with Crippen molar-refractivity contribution < 1.29 is 19.1 Å². The van der Waals surface area contributed by atoms with Gasteiger partial charge in [-0.15, -0.1) is 0 Å². The molecule has 29 heavy (non-hydrogen) atoms. The van der Waals surface area contributed by atoms with Gasteiger partial charge in [0.25, 0.3) is 0 Å². The van der Waals surface area contributed by atoms with Gasteiger partial charge in [-0.1, -0.05) is 31.9 Å². The van der Waals surface area contributed by atoms with Crippen LogP contribution in [-0.4, -0.2) is 32.1 Å². The number of carbonyl (C=O) groups is 2. The summed E-state index contributed by atoms with van der Waals surface area (Å²) < 4.78 is 10.5. The zero-order chi connectivity index (χ0) is 20.6. The Bertz CT molecular complexity index is 814. The molecule has 1 heterocycles. The Morgan fingerprint density at radius 1 is 1.07 bits per heavy atom. The number of anilines is 1. The predicted molar refractivity (Wildman–Crippen MR) is 113 cm³/mol. The van der Waals surface area contributed by atoms with Crippen LogP contribution >= 0.6 is 0 Å². The van der Waals surface area contributed by atoms with Gasteiger partial charge in [0.15, 0.2) is 0 Å². The van der Waals surface area contributed by atoms with Crippen LogP contribution in [0.5, 0.6) is 5.75 Å². The number of esters is 1. The molecule has 1 aliphatic rings. The van der Waals surface area contributed by atoms with E-state index < -0.39 is 0 Å². The Balaban J connectivity index is 1.51. The average molecular weight is 395 g/mol. The van der Waals surface area contributed by atoms with E-state index in [1.54, 1.807) is 24.3 Å². The molecule has 1 atom stereocenters. The van der Waals surface area contributed by atoms with Crippen molar-refractivity contribution in [1.29, 1.82) is 0 Å². The van der Waals surface area contributed by atoms with E-state index in [0.717, 1.165) is 12.1 Å². The number of nitrogens with zero attached hydrogens (tertiary/aromatic N) is 1. The summed E-state index contributed by atoms with van der Waals surface area (Å²) in [5.74, 6) is 0.593. The lowest BCUT2D eigenvalue weighted by Crippen LogP contribution is -2.25. The van der Waals surface area contributed by atoms with E-state index in [9.17, 15) is 9.59 Å². The first-order valence-electron chi connectivity index (χ1n) is 10.3. The third kappa shape index (κ3) is 5.59. The fourth-order valence-electron chi connectivity index (χ4n) is 3.58. The summed E-state index contributed by atoms with van der Waals surface area (Å²) in [5, 5.41) is 0. The van der Waals surface area contributed by atoms with Crippen molar-refractivity contribution in [1.82, 2.24) is 0 Å². The van der Waals surface area contributed by atoms with Crippen molar-refractivity contribution >= 4 is 17.6 Å². The van der Waals surface area contributed by atoms with Crippen molar-refractivity contribution in [2.45, 2.75) is 39.0 Å². The molecule has 2 aromatic rings. The maximum absolute atomic E-state index is 12.5. The summed E-state index contributed by atoms with van der Waals surface area (Å²) in [6.07, 6.45) is 5.25. The molecular weight excluding hydrogens is 366 g/mol. The van der Waals surface area contributed by atoms with Gasteiger partial charge < -0.3 is 14.4 Å². The summed E-state index contributed by atoms with van der Waals surface area (Å²) in [6.45, 7) is 3.34. The first kappa shape index (κ1) is 20.9. The first-order chi connectivity index (χ1) is 14.1. The molecule has 1 unspecified atom stereocenters. The van der Waals surface area contributed by atoms with E-state index in [4.69, 9.17) is 9.47 Å². The highest BCUT2D eigenvalue weighted by atomic mass is 16.5. The van der Waals surface area contributed by atoms with Gasteiger partial charge >= 0.3 is 5.97 Å². The van der Waals surface area contributed by atoms with Crippen LogP contribution in [0, 0.1) is 5.92 Å². The normalized spacial score (nSPS) is 16.1. The Labute approximate surface area is 172 Å². The number of rotatable bonds is 9. The van der Waals surface area contributed by atoms with Gasteiger partial charge in [0, 0.05) is 24.6 Å². The van der Waals surface area contributed by atoms with Crippen molar-refractivity contribution in [3.63, 3.8) is 0 Å². The molecule has 1 saturated heterocycles. The highest BCUT2D eigenvalue weighted by Gasteiger charge is 2.31. The van der Waals surface area contributed by atoms with E-state index in [0.29, 0.717) is 30.9 Å². The summed E-state index contributed by atoms with van der Waals surface area (Å²) in [7, 11) is 1.36. The topological polar surface area (TPSA) is 55.8 Å². The number of methoxy groups -OCH3 is 1. The number of hydrogen-bond acceptors (Lipinski definition) is 4. The van der Waals surface area contributed by atoms with Crippen molar-refractivity contribution in [3.8, 4) is 5.75 Å². The van der Waals surface area contributed by atoms with Gasteiger partial charge in [0.1, 0.15) is 5.75 Å². The van der Waals surface area contributed by atoms with Gasteiger partial charge in [-0.05, 0) is 54.8 Å². The van der Waals surface area contributed by atoms with Crippen molar-refractivity contribution in [2.24, 2.45) is 5.92 Å². The van der Waals surface area contributed by atoms with E-state index in [-0.39, 0.29) is 17.8 Å². The van der Waals surface area contributed by atoms with Crippen LogP contribution in [0.25, 0.3) is 0 Å². The number of aryl methyl sites for hydroxylation is 1. The van der Waals surface area contributed by atoms with E-state index >= 15 is 0 Å². The monoisotopic (exact) mass is 395 g/mol. The molecule has 0 aromatic heterocycles. The quantitative estimate of drug-likeness (QED) is 0.459. The third-order valence-electron chi connectivity index (χ3n) is 5.28. The van der Waals surface area contributed by atoms with Gasteiger partial charge in [-0.3, -0.25) is 4.79 Å². The predicted octanol–water partition coefficient (Wildman–Crippen LogP) is 4.64. The number of unbranched alkanes of at least 4 members (excludes halogenated alkanes) is 2. The molecule has 0 aliphatic carbocycles. The molecule has 0 radical (unpaired) electrons. The molecule has 5 nitrogen and oxygen atoms in total. The summed E-state index contributed by atoms with van der Waals surface area (Å²) in [5.41, 5.74) is 2.77. The van der Waals surface area contributed by atoms with Gasteiger partial charge in [0.05, 0.1) is 19.3 Å². The van der Waals surface area contributed by atoms with Crippen molar-refractivity contribution in [3.05, 3.63) is 59.7 Å². The molecule has 0 spiro atoms. The van der Waals surface area contributed by atoms with Crippen LogP contribution in [0.1, 0.15) is 48.5 Å². The third-order valence-corrected chi connectivity index (χ3v) is 5.28. The van der Waals surface area contributed by atoms with E-state index in [1.165, 1.54) is 31.9 Å². The fraction of sp³-hybridized carbons (Fsp3) is 0.417. The fourth-order valence-corrected chi connectivity index (χ4v) is 3.58. The minimum atomic E-state index is -0.370. The highest BCUT2D eigenvalue weighted by Crippen LogP contribution is 2.26.